The van der Waals surface area contributed by atoms with Gasteiger partial charge >= 0.3 is 11.9 Å². The number of aliphatic hydroxyl groups excluding tert-OH is 1. The van der Waals surface area contributed by atoms with Gasteiger partial charge in [0.05, 0.1) is 59.1 Å². The molecule has 0 aliphatic rings. The molecule has 0 aromatic heterocycles. The molecular weight excluding hydrogens is 324 g/mol. The Kier molecular flexibility index (Phi) is 22.6. The van der Waals surface area contributed by atoms with Gasteiger partial charge in [-0.2, -0.15) is 0 Å². The zero-order chi connectivity index (χ0) is 18.5. The number of aliphatic carboxylic acids is 1. The molecule has 0 spiro atoms. The lowest BCUT2D eigenvalue weighted by Crippen LogP contribution is -2.13. The maximum absolute atomic E-state index is 10.9. The highest BCUT2D eigenvalue weighted by Gasteiger charge is 2.05. The van der Waals surface area contributed by atoms with Crippen LogP contribution in [0.4, 0.5) is 0 Å². The molecule has 0 atom stereocenters. The molecule has 0 bridgehead atoms. The predicted octanol–water partition coefficient (Wildman–Crippen LogP) is 0.0892. The van der Waals surface area contributed by atoms with Crippen LogP contribution in [-0.2, 0) is 33.3 Å². The van der Waals surface area contributed by atoms with Crippen LogP contribution in [0.5, 0.6) is 0 Å². The topological polar surface area (TPSA) is 121 Å². The van der Waals surface area contributed by atoms with Gasteiger partial charge in [0.1, 0.15) is 6.61 Å². The van der Waals surface area contributed by atoms with Gasteiger partial charge in [0.15, 0.2) is 0 Å². The van der Waals surface area contributed by atoms with Crippen LogP contribution in [-0.4, -0.2) is 88.7 Å². The average molecular weight is 354 g/mol. The van der Waals surface area contributed by atoms with Crippen LogP contribution in [0, 0.1) is 0 Å². The number of carbonyl (C=O) groups is 2. The Bertz CT molecular complexity index is 278. The molecule has 0 aromatic carbocycles. The molecule has 0 aliphatic heterocycles. The molecule has 9 heteroatoms. The minimum Gasteiger partial charge on any atom is -0.481 e. The summed E-state index contributed by atoms with van der Waals surface area (Å²) in [6.07, 6.45) is -0.309. The molecule has 2 N–H and O–H groups in total. The highest BCUT2D eigenvalue weighted by molar-refractivity contribution is 5.76. The third-order valence-electron chi connectivity index (χ3n) is 2.28. The number of rotatable bonds is 15. The first-order valence-corrected chi connectivity index (χ1v) is 7.78. The van der Waals surface area contributed by atoms with Crippen molar-refractivity contribution >= 4 is 11.9 Å². The van der Waals surface area contributed by atoms with Crippen LogP contribution in [0.2, 0.25) is 0 Å². The number of esters is 1. The molecule has 0 rings (SSSR count). The van der Waals surface area contributed by atoms with Crippen LogP contribution >= 0.6 is 0 Å². The lowest BCUT2D eigenvalue weighted by atomic mass is 10.3. The predicted molar refractivity (Wildman–Crippen MR) is 84.9 cm³/mol. The quantitative estimate of drug-likeness (QED) is 0.311. The first-order valence-electron chi connectivity index (χ1n) is 7.78. The van der Waals surface area contributed by atoms with E-state index in [0.717, 1.165) is 6.61 Å². The minimum atomic E-state index is -1.01. The minimum absolute atomic E-state index is 0.0894. The SMILES string of the molecule is CCOCCOCCO.COCCOCCOC(=O)CCC(=O)O. The smallest absolute Gasteiger partial charge is 0.306 e. The molecule has 0 saturated carbocycles. The normalized spacial score (nSPS) is 9.96. The zero-order valence-electron chi connectivity index (χ0n) is 14.5. The van der Waals surface area contributed by atoms with Gasteiger partial charge in [-0.1, -0.05) is 0 Å². The second-order valence-electron chi connectivity index (χ2n) is 4.25. The van der Waals surface area contributed by atoms with Crippen molar-refractivity contribution in [3.63, 3.8) is 0 Å². The number of aliphatic hydroxyl groups is 1. The molecular formula is C15H30O9. The molecule has 0 aromatic rings. The van der Waals surface area contributed by atoms with Crippen molar-refractivity contribution in [3.05, 3.63) is 0 Å². The summed E-state index contributed by atoms with van der Waals surface area (Å²) in [5, 5.41) is 16.5. The molecule has 0 aliphatic carbocycles. The summed E-state index contributed by atoms with van der Waals surface area (Å²) < 4.78 is 24.4. The summed E-state index contributed by atoms with van der Waals surface area (Å²) in [6.45, 7) is 5.74. The molecule has 0 fully saturated rings. The lowest BCUT2D eigenvalue weighted by molar-refractivity contribution is -0.148. The molecule has 0 amide bonds. The fourth-order valence-electron chi connectivity index (χ4n) is 1.17. The van der Waals surface area contributed by atoms with Crippen molar-refractivity contribution in [1.82, 2.24) is 0 Å². The summed E-state index contributed by atoms with van der Waals surface area (Å²) >= 11 is 0. The maximum Gasteiger partial charge on any atom is 0.306 e. The van der Waals surface area contributed by atoms with Crippen LogP contribution in [0.3, 0.4) is 0 Å². The molecule has 0 heterocycles. The van der Waals surface area contributed by atoms with E-state index < -0.39 is 11.9 Å². The maximum atomic E-state index is 10.9. The van der Waals surface area contributed by atoms with Crippen molar-refractivity contribution in [1.29, 1.82) is 0 Å². The number of methoxy groups -OCH3 is 1. The van der Waals surface area contributed by atoms with Crippen LogP contribution in [0.25, 0.3) is 0 Å². The van der Waals surface area contributed by atoms with Crippen molar-refractivity contribution in [3.8, 4) is 0 Å². The Morgan fingerprint density at radius 2 is 1.42 bits per heavy atom. The van der Waals surface area contributed by atoms with Gasteiger partial charge in [-0.15, -0.1) is 0 Å². The number of hydrogen-bond donors (Lipinski definition) is 2. The molecule has 0 saturated heterocycles. The number of carboxylic acids is 1. The summed E-state index contributed by atoms with van der Waals surface area (Å²) in [5.74, 6) is -1.53. The van der Waals surface area contributed by atoms with E-state index in [1.54, 1.807) is 7.11 Å². The van der Waals surface area contributed by atoms with Crippen molar-refractivity contribution in [2.24, 2.45) is 0 Å². The van der Waals surface area contributed by atoms with Gasteiger partial charge in [0, 0.05) is 13.7 Å². The Labute approximate surface area is 142 Å². The van der Waals surface area contributed by atoms with E-state index in [0.29, 0.717) is 39.6 Å². The molecule has 0 radical (unpaired) electrons. The van der Waals surface area contributed by atoms with Gasteiger partial charge in [0.2, 0.25) is 0 Å². The standard InChI is InChI=1S/C9H16O6.C6H14O3/c1-13-4-5-14-6-7-15-9(12)3-2-8(10)11;1-2-8-5-6-9-4-3-7/h2-7H2,1H3,(H,10,11);7H,2-6H2,1H3. The van der Waals surface area contributed by atoms with E-state index in [1.165, 1.54) is 0 Å². The fraction of sp³-hybridized carbons (Fsp3) is 0.867. The Morgan fingerprint density at radius 1 is 0.833 bits per heavy atom. The Balaban J connectivity index is 0. The number of ether oxygens (including phenoxy) is 5. The van der Waals surface area contributed by atoms with E-state index in [2.05, 4.69) is 0 Å². The van der Waals surface area contributed by atoms with Crippen LogP contribution in [0.15, 0.2) is 0 Å². The number of hydrogen-bond acceptors (Lipinski definition) is 8. The van der Waals surface area contributed by atoms with Gasteiger partial charge in [-0.25, -0.2) is 0 Å². The molecule has 0 unspecified atom stereocenters. The second-order valence-corrected chi connectivity index (χ2v) is 4.25. The first kappa shape index (κ1) is 25.0. The second kappa shape index (κ2) is 21.7. The highest BCUT2D eigenvalue weighted by Crippen LogP contribution is 1.92. The fourth-order valence-corrected chi connectivity index (χ4v) is 1.17. The van der Waals surface area contributed by atoms with E-state index in [4.69, 9.17) is 33.9 Å². The van der Waals surface area contributed by atoms with E-state index in [1.807, 2.05) is 6.92 Å². The van der Waals surface area contributed by atoms with E-state index in [9.17, 15) is 9.59 Å². The monoisotopic (exact) mass is 354 g/mol. The average Bonchev–Trinajstić information content (AvgIpc) is 2.56. The molecule has 144 valence electrons. The lowest BCUT2D eigenvalue weighted by Gasteiger charge is -2.04. The Hall–Kier alpha value is -1.26. The number of carbonyl (C=O) groups excluding carboxylic acids is 1. The summed E-state index contributed by atoms with van der Waals surface area (Å²) in [4.78, 5) is 21.0. The van der Waals surface area contributed by atoms with Crippen LogP contribution in [0.1, 0.15) is 19.8 Å². The van der Waals surface area contributed by atoms with Gasteiger partial charge in [-0.05, 0) is 6.92 Å². The Morgan fingerprint density at radius 3 is 2.00 bits per heavy atom. The van der Waals surface area contributed by atoms with E-state index >= 15 is 0 Å². The third kappa shape index (κ3) is 25.7. The van der Waals surface area contributed by atoms with Gasteiger partial charge in [-0.3, -0.25) is 9.59 Å². The zero-order valence-corrected chi connectivity index (χ0v) is 14.5. The summed E-state index contributed by atoms with van der Waals surface area (Å²) in [7, 11) is 1.56. The largest absolute Gasteiger partial charge is 0.481 e. The third-order valence-corrected chi connectivity index (χ3v) is 2.28. The molecule has 24 heavy (non-hydrogen) atoms. The van der Waals surface area contributed by atoms with Crippen LogP contribution < -0.4 is 0 Å². The first-order chi connectivity index (χ1) is 11.6. The van der Waals surface area contributed by atoms with Crippen molar-refractivity contribution in [2.45, 2.75) is 19.8 Å². The summed E-state index contributed by atoms with van der Waals surface area (Å²) in [5.41, 5.74) is 0. The van der Waals surface area contributed by atoms with Gasteiger partial charge in [0.25, 0.3) is 0 Å². The molecule has 9 nitrogen and oxygen atoms in total. The van der Waals surface area contributed by atoms with E-state index in [-0.39, 0.29) is 26.1 Å². The van der Waals surface area contributed by atoms with Crippen molar-refractivity contribution in [2.75, 3.05) is 66.6 Å². The number of carboxylic acid groups (broad SMARTS) is 1. The summed E-state index contributed by atoms with van der Waals surface area (Å²) in [6, 6.07) is 0. The van der Waals surface area contributed by atoms with Crippen molar-refractivity contribution < 1.29 is 43.5 Å². The van der Waals surface area contributed by atoms with Gasteiger partial charge < -0.3 is 33.9 Å². The highest BCUT2D eigenvalue weighted by atomic mass is 16.6.